The number of Topliss-reactive ketones (excluding diaryl/α,β-unsaturated/α-hetero) is 1. The number of aryl methyl sites for hydroxylation is 2. The van der Waals surface area contributed by atoms with E-state index in [1.165, 1.54) is 29.3 Å². The van der Waals surface area contributed by atoms with E-state index >= 15 is 0 Å². The zero-order valence-electron chi connectivity index (χ0n) is 15.7. The minimum atomic E-state index is 0.0607. The molecule has 0 aliphatic heterocycles. The lowest BCUT2D eigenvalue weighted by Crippen LogP contribution is -2.03. The first kappa shape index (κ1) is 18.6. The summed E-state index contributed by atoms with van der Waals surface area (Å²) in [7, 11) is 3.15. The van der Waals surface area contributed by atoms with Crippen molar-refractivity contribution in [3.05, 3.63) is 53.1 Å². The van der Waals surface area contributed by atoms with E-state index in [1.807, 2.05) is 18.2 Å². The molecule has 2 aromatic carbocycles. The fraction of sp³-hybridized carbons (Fsp3) is 0.286. The van der Waals surface area contributed by atoms with Gasteiger partial charge in [0.2, 0.25) is 5.89 Å². The number of ether oxygens (including phenoxy) is 2. The molecule has 0 saturated heterocycles. The number of carbonyl (C=O) groups is 1. The number of ketones is 1. The molecule has 1 heterocycles. The van der Waals surface area contributed by atoms with Gasteiger partial charge in [0.1, 0.15) is 0 Å². The van der Waals surface area contributed by atoms with Crippen molar-refractivity contribution >= 4 is 17.5 Å². The molecule has 0 spiro atoms. The van der Waals surface area contributed by atoms with Crippen molar-refractivity contribution in [3.8, 4) is 23.0 Å². The molecule has 7 heteroatoms. The average molecular weight is 396 g/mol. The molecule has 1 aliphatic carbocycles. The van der Waals surface area contributed by atoms with Crippen LogP contribution in [0.4, 0.5) is 0 Å². The van der Waals surface area contributed by atoms with Crippen molar-refractivity contribution in [1.29, 1.82) is 0 Å². The molecule has 0 amide bonds. The van der Waals surface area contributed by atoms with Crippen LogP contribution < -0.4 is 9.47 Å². The van der Waals surface area contributed by atoms with Gasteiger partial charge in [-0.2, -0.15) is 0 Å². The monoisotopic (exact) mass is 396 g/mol. The summed E-state index contributed by atoms with van der Waals surface area (Å²) in [6, 6.07) is 11.4. The predicted octanol–water partition coefficient (Wildman–Crippen LogP) is 4.22. The van der Waals surface area contributed by atoms with E-state index in [0.29, 0.717) is 22.6 Å². The van der Waals surface area contributed by atoms with Gasteiger partial charge in [0.25, 0.3) is 5.22 Å². The summed E-state index contributed by atoms with van der Waals surface area (Å²) in [5.74, 6) is 1.89. The Hall–Kier alpha value is -2.80. The zero-order valence-corrected chi connectivity index (χ0v) is 16.5. The van der Waals surface area contributed by atoms with Crippen LogP contribution in [0.15, 0.2) is 46.0 Å². The highest BCUT2D eigenvalue weighted by Crippen LogP contribution is 2.32. The van der Waals surface area contributed by atoms with Crippen LogP contribution in [0.2, 0.25) is 0 Å². The molecular weight excluding hydrogens is 376 g/mol. The van der Waals surface area contributed by atoms with Crippen molar-refractivity contribution in [3.63, 3.8) is 0 Å². The highest BCUT2D eigenvalue weighted by molar-refractivity contribution is 7.99. The summed E-state index contributed by atoms with van der Waals surface area (Å²) in [5, 5.41) is 8.47. The van der Waals surface area contributed by atoms with Crippen molar-refractivity contribution < 1.29 is 18.7 Å². The lowest BCUT2D eigenvalue weighted by molar-refractivity contribution is 0.102. The zero-order chi connectivity index (χ0) is 19.5. The Morgan fingerprint density at radius 3 is 2.68 bits per heavy atom. The molecule has 1 aliphatic rings. The smallest absolute Gasteiger partial charge is 0.277 e. The molecule has 0 saturated carbocycles. The lowest BCUT2D eigenvalue weighted by Gasteiger charge is -2.07. The number of carbonyl (C=O) groups excluding carboxylic acids is 1. The van der Waals surface area contributed by atoms with Crippen LogP contribution in [0.25, 0.3) is 11.5 Å². The molecule has 0 bridgehead atoms. The van der Waals surface area contributed by atoms with Gasteiger partial charge in [-0.05, 0) is 54.7 Å². The molecule has 0 fully saturated rings. The Bertz CT molecular complexity index is 1020. The maximum Gasteiger partial charge on any atom is 0.277 e. The minimum Gasteiger partial charge on any atom is -0.493 e. The van der Waals surface area contributed by atoms with Crippen molar-refractivity contribution in [2.24, 2.45) is 0 Å². The number of methoxy groups -OCH3 is 2. The number of hydrogen-bond donors (Lipinski definition) is 0. The number of thioether (sulfide) groups is 1. The van der Waals surface area contributed by atoms with Crippen LogP contribution in [-0.2, 0) is 12.8 Å². The summed E-state index contributed by atoms with van der Waals surface area (Å²) in [4.78, 5) is 12.5. The van der Waals surface area contributed by atoms with Gasteiger partial charge in [0, 0.05) is 11.1 Å². The highest BCUT2D eigenvalue weighted by Gasteiger charge is 2.16. The third-order valence-electron chi connectivity index (χ3n) is 4.78. The third kappa shape index (κ3) is 3.75. The first-order chi connectivity index (χ1) is 13.7. The third-order valence-corrected chi connectivity index (χ3v) is 5.60. The average Bonchev–Trinajstić information content (AvgIpc) is 3.40. The molecule has 144 valence electrons. The first-order valence-corrected chi connectivity index (χ1v) is 10.00. The normalized spacial score (nSPS) is 12.6. The summed E-state index contributed by atoms with van der Waals surface area (Å²) in [6.07, 6.45) is 3.34. The van der Waals surface area contributed by atoms with E-state index in [1.54, 1.807) is 26.4 Å². The number of benzene rings is 2. The Morgan fingerprint density at radius 1 is 1.04 bits per heavy atom. The molecule has 0 radical (unpaired) electrons. The molecule has 6 nitrogen and oxygen atoms in total. The molecule has 0 atom stereocenters. The van der Waals surface area contributed by atoms with Gasteiger partial charge in [0.15, 0.2) is 17.3 Å². The standard InChI is InChI=1S/C21H20N2O4S/c1-25-18-9-8-16(11-19(18)26-2)20-22-23-21(27-20)28-12-17(24)15-7-6-13-4-3-5-14(13)10-15/h6-11H,3-5,12H2,1-2H3. The summed E-state index contributed by atoms with van der Waals surface area (Å²) < 4.78 is 16.2. The number of aromatic nitrogens is 2. The molecule has 1 aromatic heterocycles. The van der Waals surface area contributed by atoms with E-state index in [2.05, 4.69) is 16.3 Å². The minimum absolute atomic E-state index is 0.0607. The summed E-state index contributed by atoms with van der Waals surface area (Å²) in [5.41, 5.74) is 4.12. The summed E-state index contributed by atoms with van der Waals surface area (Å²) >= 11 is 1.24. The maximum absolute atomic E-state index is 12.5. The maximum atomic E-state index is 12.5. The number of nitrogens with zero attached hydrogens (tertiary/aromatic N) is 2. The van der Waals surface area contributed by atoms with Gasteiger partial charge in [-0.15, -0.1) is 10.2 Å². The fourth-order valence-electron chi connectivity index (χ4n) is 3.31. The molecule has 28 heavy (non-hydrogen) atoms. The Morgan fingerprint density at radius 2 is 1.86 bits per heavy atom. The Labute approximate surface area is 167 Å². The molecule has 4 rings (SSSR count). The van der Waals surface area contributed by atoms with E-state index in [4.69, 9.17) is 13.9 Å². The largest absolute Gasteiger partial charge is 0.493 e. The van der Waals surface area contributed by atoms with Crippen LogP contribution >= 0.6 is 11.8 Å². The second-order valence-electron chi connectivity index (χ2n) is 6.49. The van der Waals surface area contributed by atoms with Crippen LogP contribution in [0, 0.1) is 0 Å². The second-order valence-corrected chi connectivity index (χ2v) is 7.42. The van der Waals surface area contributed by atoms with Gasteiger partial charge >= 0.3 is 0 Å². The molecule has 0 unspecified atom stereocenters. The summed E-state index contributed by atoms with van der Waals surface area (Å²) in [6.45, 7) is 0. The van der Waals surface area contributed by atoms with Gasteiger partial charge < -0.3 is 13.9 Å². The quantitative estimate of drug-likeness (QED) is 0.437. The van der Waals surface area contributed by atoms with Crippen LogP contribution in [-0.4, -0.2) is 36.0 Å². The highest BCUT2D eigenvalue weighted by atomic mass is 32.2. The van der Waals surface area contributed by atoms with Crippen molar-refractivity contribution in [2.75, 3.05) is 20.0 Å². The van der Waals surface area contributed by atoms with E-state index in [-0.39, 0.29) is 11.5 Å². The van der Waals surface area contributed by atoms with E-state index in [9.17, 15) is 4.79 Å². The van der Waals surface area contributed by atoms with Gasteiger partial charge in [0.05, 0.1) is 20.0 Å². The van der Waals surface area contributed by atoms with Crippen LogP contribution in [0.3, 0.4) is 0 Å². The fourth-order valence-corrected chi connectivity index (χ4v) is 3.97. The SMILES string of the molecule is COc1ccc(-c2nnc(SCC(=O)c3ccc4c(c3)CCC4)o2)cc1OC. The number of fused-ring (bicyclic) bond motifs is 1. The molecule has 3 aromatic rings. The second kappa shape index (κ2) is 8.06. The Kier molecular flexibility index (Phi) is 5.34. The van der Waals surface area contributed by atoms with Crippen LogP contribution in [0.5, 0.6) is 11.5 Å². The predicted molar refractivity (Wildman–Crippen MR) is 106 cm³/mol. The lowest BCUT2D eigenvalue weighted by atomic mass is 10.0. The van der Waals surface area contributed by atoms with Gasteiger partial charge in [-0.25, -0.2) is 0 Å². The van der Waals surface area contributed by atoms with Gasteiger partial charge in [-0.1, -0.05) is 23.9 Å². The molecular formula is C21H20N2O4S. The van der Waals surface area contributed by atoms with Crippen LogP contribution in [0.1, 0.15) is 27.9 Å². The topological polar surface area (TPSA) is 74.5 Å². The number of hydrogen-bond acceptors (Lipinski definition) is 7. The van der Waals surface area contributed by atoms with E-state index in [0.717, 1.165) is 24.0 Å². The number of rotatable bonds is 7. The van der Waals surface area contributed by atoms with Gasteiger partial charge in [-0.3, -0.25) is 4.79 Å². The Balaban J connectivity index is 1.43. The van der Waals surface area contributed by atoms with Crippen molar-refractivity contribution in [2.45, 2.75) is 24.5 Å². The molecule has 0 N–H and O–H groups in total. The van der Waals surface area contributed by atoms with Crippen molar-refractivity contribution in [1.82, 2.24) is 10.2 Å². The first-order valence-electron chi connectivity index (χ1n) is 9.01. The van der Waals surface area contributed by atoms with E-state index < -0.39 is 0 Å².